The minimum absolute atomic E-state index is 0.00427. The minimum Gasteiger partial charge on any atom is -0.497 e. The summed E-state index contributed by atoms with van der Waals surface area (Å²) >= 11 is 0. The third-order valence-corrected chi connectivity index (χ3v) is 3.70. The van der Waals surface area contributed by atoms with Gasteiger partial charge in [-0.3, -0.25) is 9.59 Å². The lowest BCUT2D eigenvalue weighted by molar-refractivity contribution is 0.0830. The number of benzene rings is 2. The van der Waals surface area contributed by atoms with Gasteiger partial charge in [0.2, 0.25) is 5.78 Å². The number of fused-ring (bicyclic) bond motifs is 1. The number of hydrogen-bond acceptors (Lipinski definition) is 5. The average molecular weight is 319 g/mol. The van der Waals surface area contributed by atoms with Crippen molar-refractivity contribution in [3.05, 3.63) is 65.9 Å². The molecule has 0 aliphatic heterocycles. The molecule has 0 radical (unpaired) electrons. The summed E-state index contributed by atoms with van der Waals surface area (Å²) in [5.41, 5.74) is 0.807. The van der Waals surface area contributed by atoms with E-state index in [1.165, 1.54) is 19.2 Å². The van der Waals surface area contributed by atoms with Crippen LogP contribution in [-0.2, 0) is 0 Å². The number of methoxy groups -OCH3 is 1. The van der Waals surface area contributed by atoms with Crippen molar-refractivity contribution in [3.63, 3.8) is 0 Å². The third kappa shape index (κ3) is 2.77. The van der Waals surface area contributed by atoms with Crippen LogP contribution in [0, 0.1) is 17.2 Å². The fourth-order valence-electron chi connectivity index (χ4n) is 2.40. The van der Waals surface area contributed by atoms with Crippen LogP contribution in [0.1, 0.15) is 20.9 Å². The van der Waals surface area contributed by atoms with Gasteiger partial charge >= 0.3 is 0 Å². The molecule has 3 rings (SSSR count). The van der Waals surface area contributed by atoms with Crippen LogP contribution in [0.15, 0.2) is 59.0 Å². The molecule has 0 bridgehead atoms. The lowest BCUT2D eigenvalue weighted by Gasteiger charge is -2.06. The van der Waals surface area contributed by atoms with Gasteiger partial charge in [-0.25, -0.2) is 0 Å². The maximum Gasteiger partial charge on any atom is 0.223 e. The molecule has 0 saturated carbocycles. The smallest absolute Gasteiger partial charge is 0.223 e. The molecular formula is C19H13NO4. The Morgan fingerprint density at radius 1 is 1.08 bits per heavy atom. The maximum absolute atomic E-state index is 12.5. The zero-order valence-corrected chi connectivity index (χ0v) is 12.9. The SMILES string of the molecule is COc1ccc(C(=O)[C@@H](C#N)C(=O)c2cc3ccccc3o2)cc1. The molecule has 0 amide bonds. The van der Waals surface area contributed by atoms with E-state index in [0.29, 0.717) is 11.3 Å². The highest BCUT2D eigenvalue weighted by Crippen LogP contribution is 2.23. The maximum atomic E-state index is 12.5. The van der Waals surface area contributed by atoms with Gasteiger partial charge in [0.25, 0.3) is 0 Å². The fraction of sp³-hybridized carbons (Fsp3) is 0.105. The van der Waals surface area contributed by atoms with Gasteiger partial charge in [-0.15, -0.1) is 0 Å². The highest BCUT2D eigenvalue weighted by atomic mass is 16.5. The highest BCUT2D eigenvalue weighted by Gasteiger charge is 2.30. The van der Waals surface area contributed by atoms with Crippen molar-refractivity contribution in [1.29, 1.82) is 5.26 Å². The predicted molar refractivity (Wildman–Crippen MR) is 87.0 cm³/mol. The first-order valence-corrected chi connectivity index (χ1v) is 7.24. The monoisotopic (exact) mass is 319 g/mol. The van der Waals surface area contributed by atoms with Crippen molar-refractivity contribution in [2.24, 2.45) is 5.92 Å². The number of carbonyl (C=O) groups is 2. The molecule has 1 atom stereocenters. The lowest BCUT2D eigenvalue weighted by Crippen LogP contribution is -2.22. The lowest BCUT2D eigenvalue weighted by atomic mass is 9.93. The Hall–Kier alpha value is -3.39. The van der Waals surface area contributed by atoms with Gasteiger partial charge in [-0.2, -0.15) is 5.26 Å². The molecule has 5 heteroatoms. The minimum atomic E-state index is -1.45. The number of nitriles is 1. The second-order valence-electron chi connectivity index (χ2n) is 5.17. The van der Waals surface area contributed by atoms with Crippen LogP contribution < -0.4 is 4.74 Å². The van der Waals surface area contributed by atoms with Gasteiger partial charge in [0, 0.05) is 10.9 Å². The van der Waals surface area contributed by atoms with Crippen LogP contribution in [0.2, 0.25) is 0 Å². The summed E-state index contributed by atoms with van der Waals surface area (Å²) in [6.07, 6.45) is 0. The first-order valence-electron chi connectivity index (χ1n) is 7.24. The Morgan fingerprint density at radius 3 is 2.42 bits per heavy atom. The predicted octanol–water partition coefficient (Wildman–Crippen LogP) is 3.65. The summed E-state index contributed by atoms with van der Waals surface area (Å²) in [5, 5.41) is 10.1. The summed E-state index contributed by atoms with van der Waals surface area (Å²) in [4.78, 5) is 25.0. The number of hydrogen-bond donors (Lipinski definition) is 0. The van der Waals surface area contributed by atoms with Crippen LogP contribution in [0.3, 0.4) is 0 Å². The Balaban J connectivity index is 1.90. The topological polar surface area (TPSA) is 80.3 Å². The second-order valence-corrected chi connectivity index (χ2v) is 5.17. The number of carbonyl (C=O) groups excluding carboxylic acids is 2. The van der Waals surface area contributed by atoms with Crippen molar-refractivity contribution < 1.29 is 18.7 Å². The van der Waals surface area contributed by atoms with E-state index in [1.807, 2.05) is 6.07 Å². The number of para-hydroxylation sites is 1. The van der Waals surface area contributed by atoms with Gasteiger partial charge in [-0.05, 0) is 36.4 Å². The average Bonchev–Trinajstić information content (AvgIpc) is 3.06. The number of furan rings is 1. The molecule has 5 nitrogen and oxygen atoms in total. The summed E-state index contributed by atoms with van der Waals surface area (Å²) in [7, 11) is 1.51. The molecule has 1 heterocycles. The Bertz CT molecular complexity index is 914. The zero-order chi connectivity index (χ0) is 17.1. The number of ketones is 2. The molecule has 0 aliphatic rings. The standard InChI is InChI=1S/C19H13NO4/c1-23-14-8-6-12(7-9-14)18(21)15(11-20)19(22)17-10-13-4-2-3-5-16(13)24-17/h2-10,15H,1H3/t15-/m1/s1. The van der Waals surface area contributed by atoms with Gasteiger partial charge in [-0.1, -0.05) is 18.2 Å². The summed E-state index contributed by atoms with van der Waals surface area (Å²) in [6.45, 7) is 0. The molecule has 118 valence electrons. The molecule has 0 saturated heterocycles. The van der Waals surface area contributed by atoms with E-state index in [9.17, 15) is 14.9 Å². The van der Waals surface area contributed by atoms with Crippen LogP contribution in [0.5, 0.6) is 5.75 Å². The van der Waals surface area contributed by atoms with E-state index in [-0.39, 0.29) is 11.3 Å². The van der Waals surface area contributed by atoms with Gasteiger partial charge in [0.1, 0.15) is 11.3 Å². The van der Waals surface area contributed by atoms with Crippen molar-refractivity contribution in [2.75, 3.05) is 7.11 Å². The third-order valence-electron chi connectivity index (χ3n) is 3.70. The molecule has 24 heavy (non-hydrogen) atoms. The second kappa shape index (κ2) is 6.39. The van der Waals surface area contributed by atoms with Crippen LogP contribution in [0.4, 0.5) is 0 Å². The first kappa shape index (κ1) is 15.5. The molecule has 0 unspecified atom stereocenters. The Kier molecular flexibility index (Phi) is 4.13. The molecule has 0 aliphatic carbocycles. The van der Waals surface area contributed by atoms with Gasteiger partial charge in [0.05, 0.1) is 13.2 Å². The first-order chi connectivity index (χ1) is 11.6. The number of nitrogens with zero attached hydrogens (tertiary/aromatic N) is 1. The van der Waals surface area contributed by atoms with Gasteiger partial charge in [0.15, 0.2) is 17.5 Å². The highest BCUT2D eigenvalue weighted by molar-refractivity contribution is 6.17. The van der Waals surface area contributed by atoms with E-state index >= 15 is 0 Å². The normalized spacial score (nSPS) is 11.7. The van der Waals surface area contributed by atoms with E-state index in [2.05, 4.69) is 0 Å². The molecule has 3 aromatic rings. The quantitative estimate of drug-likeness (QED) is 0.530. The molecule has 0 N–H and O–H groups in total. The largest absolute Gasteiger partial charge is 0.497 e. The van der Waals surface area contributed by atoms with Crippen LogP contribution >= 0.6 is 0 Å². The summed E-state index contributed by atoms with van der Waals surface area (Å²) < 4.78 is 10.5. The van der Waals surface area contributed by atoms with E-state index in [0.717, 1.165) is 5.39 Å². The number of Topliss-reactive ketones (excluding diaryl/α,β-unsaturated/α-hetero) is 2. The molecule has 1 aromatic heterocycles. The van der Waals surface area contributed by atoms with E-state index in [4.69, 9.17) is 9.15 Å². The number of rotatable bonds is 5. The molecule has 2 aromatic carbocycles. The van der Waals surface area contributed by atoms with Crippen molar-refractivity contribution in [3.8, 4) is 11.8 Å². The molecular weight excluding hydrogens is 306 g/mol. The zero-order valence-electron chi connectivity index (χ0n) is 12.9. The van der Waals surface area contributed by atoms with Crippen molar-refractivity contribution in [1.82, 2.24) is 0 Å². The summed E-state index contributed by atoms with van der Waals surface area (Å²) in [5.74, 6) is -2.06. The van der Waals surface area contributed by atoms with Crippen LogP contribution in [-0.4, -0.2) is 18.7 Å². The molecule has 0 spiro atoms. The van der Waals surface area contributed by atoms with Gasteiger partial charge < -0.3 is 9.15 Å². The van der Waals surface area contributed by atoms with E-state index in [1.54, 1.807) is 42.5 Å². The Morgan fingerprint density at radius 2 is 1.79 bits per heavy atom. The molecule has 0 fully saturated rings. The van der Waals surface area contributed by atoms with Crippen molar-refractivity contribution in [2.45, 2.75) is 0 Å². The number of ether oxygens (including phenoxy) is 1. The van der Waals surface area contributed by atoms with Crippen LogP contribution in [0.25, 0.3) is 11.0 Å². The van der Waals surface area contributed by atoms with E-state index < -0.39 is 17.5 Å². The fourth-order valence-corrected chi connectivity index (χ4v) is 2.40. The summed E-state index contributed by atoms with van der Waals surface area (Å²) in [6, 6.07) is 16.7. The van der Waals surface area contributed by atoms with Crippen molar-refractivity contribution >= 4 is 22.5 Å². The Labute approximate surface area is 138 Å².